The van der Waals surface area contributed by atoms with Crippen LogP contribution in [0.1, 0.15) is 33.5 Å². The van der Waals surface area contributed by atoms with Crippen molar-refractivity contribution in [3.63, 3.8) is 0 Å². The number of carboxylic acids is 1. The van der Waals surface area contributed by atoms with Gasteiger partial charge >= 0.3 is 5.97 Å². The number of fused-ring (bicyclic) bond motifs is 3. The smallest absolute Gasteiger partial charge is 0.335 e. The number of carboxylic acid groups (broad SMARTS) is 1. The summed E-state index contributed by atoms with van der Waals surface area (Å²) in [6, 6.07) is 9.92. The number of amides is 1. The monoisotopic (exact) mass is 521 g/mol. The Balaban J connectivity index is 1.75. The second kappa shape index (κ2) is 8.62. The summed E-state index contributed by atoms with van der Waals surface area (Å²) in [4.78, 5) is 49.6. The maximum Gasteiger partial charge on any atom is 0.335 e. The van der Waals surface area contributed by atoms with Crippen molar-refractivity contribution >= 4 is 40.9 Å². The van der Waals surface area contributed by atoms with Gasteiger partial charge in [0.1, 0.15) is 29.3 Å². The average Bonchev–Trinajstić information content (AvgIpc) is 2.86. The highest BCUT2D eigenvalue weighted by molar-refractivity contribution is 6.16. The number of aliphatic hydroxyl groups excluding tert-OH is 3. The van der Waals surface area contributed by atoms with Gasteiger partial charge < -0.3 is 36.4 Å². The minimum absolute atomic E-state index is 0.0173. The number of carbonyl (C=O) groups excluding carboxylic acids is 3. The Morgan fingerprint density at radius 3 is 2.29 bits per heavy atom. The largest absolute Gasteiger partial charge is 0.507 e. The van der Waals surface area contributed by atoms with E-state index in [0.29, 0.717) is 5.56 Å². The van der Waals surface area contributed by atoms with Crippen molar-refractivity contribution in [1.29, 1.82) is 0 Å². The lowest BCUT2D eigenvalue weighted by atomic mass is 9.54. The van der Waals surface area contributed by atoms with Crippen LogP contribution in [0, 0.1) is 17.8 Å². The van der Waals surface area contributed by atoms with Crippen LogP contribution in [-0.2, 0) is 14.4 Å². The molecule has 3 aliphatic rings. The third-order valence-electron chi connectivity index (χ3n) is 7.74. The summed E-state index contributed by atoms with van der Waals surface area (Å²) in [5.41, 5.74) is 2.67. The predicted molar refractivity (Wildman–Crippen MR) is 130 cm³/mol. The average molecular weight is 521 g/mol. The molecule has 6 atom stereocenters. The maximum absolute atomic E-state index is 13.8. The first-order valence-corrected chi connectivity index (χ1v) is 11.7. The number of Topliss-reactive ketones (excluding diaryl/α,β-unsaturated/α-hetero) is 2. The third kappa shape index (κ3) is 3.40. The quantitative estimate of drug-likeness (QED) is 0.273. The van der Waals surface area contributed by atoms with Crippen LogP contribution in [0.2, 0.25) is 0 Å². The van der Waals surface area contributed by atoms with Crippen molar-refractivity contribution in [3.05, 3.63) is 70.3 Å². The van der Waals surface area contributed by atoms with E-state index >= 15 is 0 Å². The second-order valence-corrected chi connectivity index (χ2v) is 9.71. The van der Waals surface area contributed by atoms with Crippen LogP contribution in [-0.4, -0.2) is 71.9 Å². The minimum atomic E-state index is -2.83. The molecule has 0 bridgehead atoms. The number of nitrogens with two attached hydrogens (primary N) is 1. The van der Waals surface area contributed by atoms with E-state index in [-0.39, 0.29) is 22.3 Å². The standard InChI is InChI=1S/C27H23NO10/c28-25(35)19-16(30)9-14-21(31)18-13(8-10-4-6-11(7-5-10)26(36)37)12-2-1-3-15(29)17(12)22(32)20(18)24(34)27(14,38)23(19)33/h1-8,14,18-19,21,23,29,31-33,38H,9H2,(H2,28,35)(H,36,37)/b13-8+/t14-,18-,19?,21-,23?,27-/m1/s1. The number of aliphatic hydroxyl groups is 4. The summed E-state index contributed by atoms with van der Waals surface area (Å²) >= 11 is 0. The topological polar surface area (TPSA) is 216 Å². The zero-order chi connectivity index (χ0) is 27.7. The highest BCUT2D eigenvalue weighted by Gasteiger charge is 2.67. The first kappa shape index (κ1) is 25.3. The van der Waals surface area contributed by atoms with E-state index in [0.717, 1.165) is 0 Å². The number of rotatable bonds is 3. The van der Waals surface area contributed by atoms with Gasteiger partial charge in [-0.1, -0.05) is 30.3 Å². The maximum atomic E-state index is 13.8. The number of phenols is 1. The van der Waals surface area contributed by atoms with Crippen LogP contribution >= 0.6 is 0 Å². The molecule has 2 saturated carbocycles. The number of ketones is 2. The Kier molecular flexibility index (Phi) is 5.75. The molecule has 0 radical (unpaired) electrons. The number of hydrogen-bond donors (Lipinski definition) is 7. The zero-order valence-electron chi connectivity index (χ0n) is 19.6. The molecule has 0 heterocycles. The minimum Gasteiger partial charge on any atom is -0.507 e. The highest BCUT2D eigenvalue weighted by atomic mass is 16.4. The molecule has 0 saturated heterocycles. The number of carbonyl (C=O) groups is 4. The summed E-state index contributed by atoms with van der Waals surface area (Å²) in [5.74, 6) is -10.4. The molecule has 0 aliphatic heterocycles. The highest BCUT2D eigenvalue weighted by Crippen LogP contribution is 2.55. The lowest BCUT2D eigenvalue weighted by Gasteiger charge is -2.52. The molecule has 2 aromatic rings. The van der Waals surface area contributed by atoms with Crippen LogP contribution < -0.4 is 5.73 Å². The molecule has 11 heteroatoms. The van der Waals surface area contributed by atoms with Gasteiger partial charge in [0.05, 0.1) is 22.8 Å². The van der Waals surface area contributed by atoms with Crippen molar-refractivity contribution in [2.45, 2.75) is 24.2 Å². The SMILES string of the molecule is NC(=O)C1C(=O)C[C@@H]2[C@@H](O)[C@H]3C(=C(O)c4c(O)cccc4/C3=C\c3ccc(C(=O)O)cc3)C(=O)[C@]2(O)C1O. The Bertz CT molecular complexity index is 1470. The number of aromatic carboxylic acids is 1. The summed E-state index contributed by atoms with van der Waals surface area (Å²) in [6.07, 6.45) is -3.11. The first-order chi connectivity index (χ1) is 17.9. The van der Waals surface area contributed by atoms with E-state index in [2.05, 4.69) is 0 Å². The molecule has 196 valence electrons. The molecule has 2 fully saturated rings. The Labute approximate surface area is 214 Å². The molecular weight excluding hydrogens is 498 g/mol. The van der Waals surface area contributed by atoms with E-state index < -0.39 is 82.5 Å². The van der Waals surface area contributed by atoms with E-state index in [1.54, 1.807) is 0 Å². The van der Waals surface area contributed by atoms with Crippen molar-refractivity contribution in [2.75, 3.05) is 0 Å². The lowest BCUT2D eigenvalue weighted by Crippen LogP contribution is -2.71. The molecule has 2 unspecified atom stereocenters. The van der Waals surface area contributed by atoms with Crippen LogP contribution in [0.25, 0.3) is 17.4 Å². The molecule has 1 amide bonds. The van der Waals surface area contributed by atoms with Gasteiger partial charge in [-0.3, -0.25) is 14.4 Å². The normalized spacial score (nSPS) is 31.4. The van der Waals surface area contributed by atoms with E-state index in [4.69, 9.17) is 5.73 Å². The van der Waals surface area contributed by atoms with E-state index in [9.17, 15) is 49.8 Å². The Morgan fingerprint density at radius 2 is 1.68 bits per heavy atom. The van der Waals surface area contributed by atoms with Crippen LogP contribution in [0.15, 0.2) is 48.0 Å². The fraction of sp³-hybridized carbons (Fsp3) is 0.259. The van der Waals surface area contributed by atoms with Gasteiger partial charge in [-0.15, -0.1) is 0 Å². The first-order valence-electron chi connectivity index (χ1n) is 11.7. The van der Waals surface area contributed by atoms with Gasteiger partial charge in [0.2, 0.25) is 5.91 Å². The third-order valence-corrected chi connectivity index (χ3v) is 7.74. The van der Waals surface area contributed by atoms with E-state index in [1.807, 2.05) is 0 Å². The Morgan fingerprint density at radius 1 is 1.03 bits per heavy atom. The number of aromatic hydroxyl groups is 1. The molecule has 0 spiro atoms. The molecule has 3 aliphatic carbocycles. The van der Waals surface area contributed by atoms with Crippen LogP contribution in [0.4, 0.5) is 0 Å². The number of phenolic OH excluding ortho intramolecular Hbond substituents is 1. The molecule has 8 N–H and O–H groups in total. The Hall–Kier alpha value is -4.32. The van der Waals surface area contributed by atoms with Crippen molar-refractivity contribution in [1.82, 2.24) is 0 Å². The van der Waals surface area contributed by atoms with Gasteiger partial charge in [-0.05, 0) is 34.9 Å². The molecule has 0 aromatic heterocycles. The van der Waals surface area contributed by atoms with Crippen molar-refractivity contribution < 1.29 is 49.8 Å². The van der Waals surface area contributed by atoms with Crippen LogP contribution in [0.3, 0.4) is 0 Å². The molecule has 2 aromatic carbocycles. The zero-order valence-corrected chi connectivity index (χ0v) is 19.6. The molecule has 38 heavy (non-hydrogen) atoms. The predicted octanol–water partition coefficient (Wildman–Crippen LogP) is 0.256. The number of benzene rings is 2. The summed E-state index contributed by atoms with van der Waals surface area (Å²) < 4.78 is 0. The van der Waals surface area contributed by atoms with Gasteiger partial charge in [-0.25, -0.2) is 4.79 Å². The van der Waals surface area contributed by atoms with Crippen molar-refractivity contribution in [3.8, 4) is 5.75 Å². The van der Waals surface area contributed by atoms with Crippen molar-refractivity contribution in [2.24, 2.45) is 23.5 Å². The number of hydrogen-bond acceptors (Lipinski definition) is 9. The van der Waals surface area contributed by atoms with E-state index in [1.165, 1.54) is 48.5 Å². The fourth-order valence-electron chi connectivity index (χ4n) is 5.90. The van der Waals surface area contributed by atoms with Crippen LogP contribution in [0.5, 0.6) is 5.75 Å². The van der Waals surface area contributed by atoms with Gasteiger partial charge in [0.25, 0.3) is 0 Å². The fourth-order valence-corrected chi connectivity index (χ4v) is 5.90. The lowest BCUT2D eigenvalue weighted by molar-refractivity contribution is -0.198. The van der Waals surface area contributed by atoms with Gasteiger partial charge in [-0.2, -0.15) is 0 Å². The van der Waals surface area contributed by atoms with Gasteiger partial charge in [0, 0.05) is 18.3 Å². The summed E-state index contributed by atoms with van der Waals surface area (Å²) in [5, 5.41) is 64.7. The molecule has 5 rings (SSSR count). The van der Waals surface area contributed by atoms with Gasteiger partial charge in [0.15, 0.2) is 11.4 Å². The second-order valence-electron chi connectivity index (χ2n) is 9.71. The molecular formula is C27H23NO10. The number of primary amides is 1. The molecule has 11 nitrogen and oxygen atoms in total. The summed E-state index contributed by atoms with van der Waals surface area (Å²) in [7, 11) is 0. The summed E-state index contributed by atoms with van der Waals surface area (Å²) in [6.45, 7) is 0.